The van der Waals surface area contributed by atoms with Crippen LogP contribution in [0, 0.1) is 106 Å². The van der Waals surface area contributed by atoms with E-state index in [4.69, 9.17) is 23.7 Å². The predicted molar refractivity (Wildman–Crippen MR) is 411 cm³/mol. The van der Waals surface area contributed by atoms with Crippen LogP contribution in [0.5, 0.6) is 0 Å². The second-order valence-corrected chi connectivity index (χ2v) is 23.9. The summed E-state index contributed by atoms with van der Waals surface area (Å²) in [6.45, 7) is 16.0. The van der Waals surface area contributed by atoms with Crippen LogP contribution in [0.25, 0.3) is 74.3 Å². The number of benzene rings is 16. The monoisotopic (exact) mass is 1290 g/mol. The van der Waals surface area contributed by atoms with Crippen LogP contribution in [0.15, 0.2) is 291 Å². The van der Waals surface area contributed by atoms with Crippen LogP contribution < -0.4 is 9.80 Å². The minimum atomic E-state index is 0.485. The zero-order valence-electron chi connectivity index (χ0n) is 54.3. The van der Waals surface area contributed by atoms with Gasteiger partial charge in [-0.1, -0.05) is 169 Å². The first-order valence-electron chi connectivity index (χ1n) is 32.5. The third kappa shape index (κ3) is 12.1. The predicted octanol–water partition coefficient (Wildman–Crippen LogP) is 22.3. The van der Waals surface area contributed by atoms with Gasteiger partial charge in [0, 0.05) is 89.4 Å². The van der Waals surface area contributed by atoms with Crippen LogP contribution in [0.2, 0.25) is 0 Å². The number of nitriles is 4. The average Bonchev–Trinajstić information content (AvgIpc) is 0.705. The molecular weight excluding hydrogens is 1240 g/mol. The van der Waals surface area contributed by atoms with Crippen LogP contribution in [-0.2, 0) is 0 Å². The van der Waals surface area contributed by atoms with Crippen molar-refractivity contribution in [1.82, 2.24) is 0 Å². The number of rotatable bonds is 6. The molecule has 8 heteroatoms. The highest BCUT2D eigenvalue weighted by Gasteiger charge is 2.21. The molecule has 0 radical (unpaired) electrons. The minimum Gasteiger partial charge on any atom is -0.311 e. The fourth-order valence-electron chi connectivity index (χ4n) is 13.1. The van der Waals surface area contributed by atoms with Crippen LogP contribution in [0.1, 0.15) is 66.8 Å². The molecule has 0 aliphatic rings. The molecular formula is C94H48N8. The minimum absolute atomic E-state index is 0.485. The van der Waals surface area contributed by atoms with Crippen molar-refractivity contribution in [2.75, 3.05) is 9.80 Å². The molecule has 0 saturated carbocycles. The molecule has 0 spiro atoms. The molecule has 0 amide bonds. The first-order chi connectivity index (χ1) is 50.3. The Morgan fingerprint density at radius 3 is 0.706 bits per heavy atom. The lowest BCUT2D eigenvalue weighted by Crippen LogP contribution is -2.09. The highest BCUT2D eigenvalue weighted by atomic mass is 15.1. The van der Waals surface area contributed by atoms with E-state index in [1.165, 1.54) is 0 Å². The van der Waals surface area contributed by atoms with Gasteiger partial charge >= 0.3 is 0 Å². The highest BCUT2D eigenvalue weighted by molar-refractivity contribution is 6.29. The maximum absolute atomic E-state index is 10.4. The van der Waals surface area contributed by atoms with Gasteiger partial charge in [0.2, 0.25) is 0 Å². The zero-order chi connectivity index (χ0) is 69.5. The summed E-state index contributed by atoms with van der Waals surface area (Å²) in [6.07, 6.45) is 0. The molecule has 0 heterocycles. The van der Waals surface area contributed by atoms with Crippen LogP contribution in [-0.4, -0.2) is 0 Å². The molecule has 16 rings (SSSR count). The Morgan fingerprint density at radius 2 is 0.441 bits per heavy atom. The lowest BCUT2D eigenvalue weighted by atomic mass is 9.87. The summed E-state index contributed by atoms with van der Waals surface area (Å²) >= 11 is 0. The summed E-state index contributed by atoms with van der Waals surface area (Å²) in [5, 5.41) is 49.1. The molecule has 16 aromatic carbocycles. The highest BCUT2D eigenvalue weighted by Crippen LogP contribution is 2.45. The lowest BCUT2D eigenvalue weighted by molar-refractivity contribution is 1.28. The molecule has 464 valence electrons. The van der Waals surface area contributed by atoms with Crippen LogP contribution in [0.3, 0.4) is 0 Å². The van der Waals surface area contributed by atoms with Gasteiger partial charge in [-0.25, -0.2) is 9.69 Å². The second-order valence-electron chi connectivity index (χ2n) is 23.9. The average molecular weight is 1290 g/mol. The zero-order valence-corrected chi connectivity index (χ0v) is 54.3. The summed E-state index contributed by atoms with van der Waals surface area (Å²) in [5.74, 6) is 26.4. The van der Waals surface area contributed by atoms with E-state index in [1.807, 2.05) is 164 Å². The largest absolute Gasteiger partial charge is 0.311 e. The van der Waals surface area contributed by atoms with E-state index in [0.717, 1.165) is 132 Å². The Bertz CT molecular complexity index is 6060. The van der Waals surface area contributed by atoms with Crippen molar-refractivity contribution >= 4 is 110 Å². The van der Waals surface area contributed by atoms with Gasteiger partial charge < -0.3 is 9.80 Å². The van der Waals surface area contributed by atoms with E-state index in [9.17, 15) is 10.5 Å². The van der Waals surface area contributed by atoms with Gasteiger partial charge in [0.1, 0.15) is 0 Å². The number of nitrogens with zero attached hydrogens (tertiary/aromatic N) is 8. The van der Waals surface area contributed by atoms with Gasteiger partial charge in [-0.2, -0.15) is 21.0 Å². The van der Waals surface area contributed by atoms with Crippen LogP contribution in [0.4, 0.5) is 45.5 Å². The Hall–Kier alpha value is -15.6. The number of hydrogen-bond donors (Lipinski definition) is 0. The molecule has 0 atom stereocenters. The van der Waals surface area contributed by atoms with Crippen molar-refractivity contribution in [2.45, 2.75) is 0 Å². The molecule has 16 aromatic rings. The van der Waals surface area contributed by atoms with E-state index in [1.54, 1.807) is 54.6 Å². The summed E-state index contributed by atoms with van der Waals surface area (Å²) in [4.78, 5) is 12.2. The molecule has 0 aromatic heterocycles. The molecule has 0 unspecified atom stereocenters. The SMILES string of the molecule is [C-]#[N+]c1cc(C#Cc2ccc(C#N)cc2)c2ccc3c(C#N)cc(C#Cc4ccc(C#N)cc4)c4ccc1c2c34.[C-]#[N+]c1cc(C#Cc2ccc(N(c3ccccc3)c3ccccc3)cc2)c2ccc3c(C#N)cc(C#Cc4ccc(N(c5ccccc5)c5ccccc5)cc4)c4ccc1c2c34. The third-order valence-corrected chi connectivity index (χ3v) is 17.9. The summed E-state index contributed by atoms with van der Waals surface area (Å²) < 4.78 is 0. The fourth-order valence-corrected chi connectivity index (χ4v) is 13.1. The standard InChI is InChI=1S/C58H34N4.C36H14N4/c1-60-56-39-44(29-23-42-26-32-51(33-27-42)62(48-18-10-4-11-19-48)49-20-12-5-13-21-49)53-34-35-54-45(40-59)38-43(52-36-37-55(56)58(53)57(52)54)28-22-41-24-30-50(31-25-41)61(46-14-6-2-7-15-46)47-16-8-3-9-17-47;1-40-34-19-28(13-11-24-4-8-26(21-38)9-5-24)31-14-15-32-29(22-39)18-27(30-16-17-33(34)36(31)35(30)32)12-10-23-2-6-25(20-37)7-3-23/h2-21,24-27,30-39H;2-9,14-19H. The summed E-state index contributed by atoms with van der Waals surface area (Å²) in [7, 11) is 0. The Kier molecular flexibility index (Phi) is 16.9. The molecule has 0 N–H and O–H groups in total. The Labute approximate surface area is 589 Å². The van der Waals surface area contributed by atoms with Crippen molar-refractivity contribution in [1.29, 1.82) is 21.0 Å². The van der Waals surface area contributed by atoms with Gasteiger partial charge in [0.05, 0.1) is 59.7 Å². The van der Waals surface area contributed by atoms with Crippen molar-refractivity contribution in [3.63, 3.8) is 0 Å². The first kappa shape index (κ1) is 62.5. The van der Waals surface area contributed by atoms with Gasteiger partial charge in [0.15, 0.2) is 11.4 Å². The number of para-hydroxylation sites is 4. The molecule has 0 fully saturated rings. The third-order valence-electron chi connectivity index (χ3n) is 17.9. The summed E-state index contributed by atoms with van der Waals surface area (Å²) in [5.41, 5.74) is 15.6. The van der Waals surface area contributed by atoms with E-state index in [0.29, 0.717) is 44.8 Å². The van der Waals surface area contributed by atoms with Gasteiger partial charge in [-0.05, 0) is 224 Å². The van der Waals surface area contributed by atoms with E-state index >= 15 is 0 Å². The van der Waals surface area contributed by atoms with Crippen molar-refractivity contribution < 1.29 is 0 Å². The van der Waals surface area contributed by atoms with Crippen molar-refractivity contribution in [3.8, 4) is 71.6 Å². The normalized spacial score (nSPS) is 10.4. The Morgan fingerprint density at radius 1 is 0.216 bits per heavy atom. The number of hydrogen-bond acceptors (Lipinski definition) is 6. The topological polar surface area (TPSA) is 110 Å². The van der Waals surface area contributed by atoms with Crippen LogP contribution >= 0.6 is 0 Å². The maximum atomic E-state index is 10.4. The van der Waals surface area contributed by atoms with E-state index < -0.39 is 0 Å². The molecule has 0 bridgehead atoms. The molecule has 0 aliphatic heterocycles. The summed E-state index contributed by atoms with van der Waals surface area (Å²) in [6, 6.07) is 104. The van der Waals surface area contributed by atoms with Crippen molar-refractivity contribution in [2.24, 2.45) is 0 Å². The van der Waals surface area contributed by atoms with E-state index in [2.05, 4.69) is 164 Å². The van der Waals surface area contributed by atoms with Gasteiger partial charge in [0.25, 0.3) is 0 Å². The quantitative estimate of drug-likeness (QED) is 0.0932. The maximum Gasteiger partial charge on any atom is 0.196 e. The van der Waals surface area contributed by atoms with Gasteiger partial charge in [-0.3, -0.25) is 0 Å². The Balaban J connectivity index is 0.000000181. The fraction of sp³-hybridized carbons (Fsp3) is 0. The second kappa shape index (κ2) is 27.6. The first-order valence-corrected chi connectivity index (χ1v) is 32.5. The van der Waals surface area contributed by atoms with Gasteiger partial charge in [-0.15, -0.1) is 0 Å². The molecule has 102 heavy (non-hydrogen) atoms. The number of anilines is 6. The molecule has 8 nitrogen and oxygen atoms in total. The lowest BCUT2D eigenvalue weighted by Gasteiger charge is -2.25. The smallest absolute Gasteiger partial charge is 0.196 e. The molecule has 0 aliphatic carbocycles. The van der Waals surface area contributed by atoms with Crippen molar-refractivity contribution in [3.05, 3.63) is 381 Å². The van der Waals surface area contributed by atoms with E-state index in [-0.39, 0.29) is 0 Å². The molecule has 0 saturated heterocycles.